The summed E-state index contributed by atoms with van der Waals surface area (Å²) in [6, 6.07) is 15.9. The van der Waals surface area contributed by atoms with Crippen molar-refractivity contribution in [2.75, 3.05) is 19.6 Å². The predicted octanol–water partition coefficient (Wildman–Crippen LogP) is 2.55. The van der Waals surface area contributed by atoms with Crippen LogP contribution in [-0.2, 0) is 0 Å². The number of nitrogens with one attached hydrogen (secondary N) is 1. The highest BCUT2D eigenvalue weighted by atomic mass is 15.4. The van der Waals surface area contributed by atoms with Gasteiger partial charge < -0.3 is 10.2 Å². The van der Waals surface area contributed by atoms with Crippen molar-refractivity contribution in [1.82, 2.24) is 10.2 Å². The topological polar surface area (TPSA) is 27.6 Å². The van der Waals surface area contributed by atoms with Crippen LogP contribution in [0.4, 0.5) is 0 Å². The van der Waals surface area contributed by atoms with Crippen LogP contribution in [0.5, 0.6) is 0 Å². The molecular weight excluding hydrogens is 234 g/mol. The van der Waals surface area contributed by atoms with Gasteiger partial charge in [-0.15, -0.1) is 0 Å². The second-order valence-electron chi connectivity index (χ2n) is 5.24. The van der Waals surface area contributed by atoms with E-state index in [0.29, 0.717) is 6.04 Å². The third-order valence-electron chi connectivity index (χ3n) is 4.11. The average Bonchev–Trinajstić information content (AvgIpc) is 2.95. The smallest absolute Gasteiger partial charge is 0.194 e. The van der Waals surface area contributed by atoms with E-state index in [2.05, 4.69) is 57.7 Å². The molecule has 96 valence electrons. The van der Waals surface area contributed by atoms with E-state index < -0.39 is 0 Å². The molecule has 2 aliphatic heterocycles. The Kier molecular flexibility index (Phi) is 2.44. The molecule has 0 aromatic heterocycles. The molecule has 2 heterocycles. The number of benzene rings is 2. The van der Waals surface area contributed by atoms with Gasteiger partial charge in [-0.2, -0.15) is 0 Å². The Morgan fingerprint density at radius 3 is 2.95 bits per heavy atom. The van der Waals surface area contributed by atoms with Gasteiger partial charge in [0.25, 0.3) is 0 Å². The molecule has 0 amide bonds. The van der Waals surface area contributed by atoms with Crippen molar-refractivity contribution in [2.24, 2.45) is 4.99 Å². The van der Waals surface area contributed by atoms with Gasteiger partial charge in [-0.25, -0.2) is 0 Å². The van der Waals surface area contributed by atoms with Gasteiger partial charge in [-0.05, 0) is 28.8 Å². The molecule has 19 heavy (non-hydrogen) atoms. The molecule has 2 aliphatic rings. The van der Waals surface area contributed by atoms with E-state index in [-0.39, 0.29) is 0 Å². The van der Waals surface area contributed by atoms with Gasteiger partial charge >= 0.3 is 0 Å². The summed E-state index contributed by atoms with van der Waals surface area (Å²) < 4.78 is 0. The molecule has 0 saturated carbocycles. The molecule has 1 fully saturated rings. The van der Waals surface area contributed by atoms with Crippen LogP contribution in [0.25, 0.3) is 10.8 Å². The van der Waals surface area contributed by atoms with Crippen molar-refractivity contribution in [3.63, 3.8) is 0 Å². The summed E-state index contributed by atoms with van der Waals surface area (Å²) in [5, 5.41) is 6.02. The first-order valence-corrected chi connectivity index (χ1v) is 6.95. The molecule has 0 aliphatic carbocycles. The Balaban J connectivity index is 1.75. The van der Waals surface area contributed by atoms with Crippen molar-refractivity contribution in [3.05, 3.63) is 48.0 Å². The van der Waals surface area contributed by atoms with Crippen LogP contribution < -0.4 is 5.32 Å². The molecule has 1 atom stereocenters. The minimum absolute atomic E-state index is 0.479. The minimum Gasteiger partial charge on any atom is -0.354 e. The number of aliphatic imine (C=N–C) groups is 1. The van der Waals surface area contributed by atoms with Crippen molar-refractivity contribution in [1.29, 1.82) is 0 Å². The van der Waals surface area contributed by atoms with Gasteiger partial charge in [0.2, 0.25) is 0 Å². The first-order chi connectivity index (χ1) is 9.42. The van der Waals surface area contributed by atoms with E-state index in [9.17, 15) is 0 Å². The molecule has 1 unspecified atom stereocenters. The summed E-state index contributed by atoms with van der Waals surface area (Å²) in [6.45, 7) is 3.01. The molecule has 3 heteroatoms. The highest BCUT2D eigenvalue weighted by Gasteiger charge is 2.29. The minimum atomic E-state index is 0.479. The third kappa shape index (κ3) is 1.77. The highest BCUT2D eigenvalue weighted by Crippen LogP contribution is 2.30. The van der Waals surface area contributed by atoms with Gasteiger partial charge in [0.05, 0.1) is 6.04 Å². The van der Waals surface area contributed by atoms with E-state index >= 15 is 0 Å². The Labute approximate surface area is 112 Å². The Hall–Kier alpha value is -2.03. The summed E-state index contributed by atoms with van der Waals surface area (Å²) in [5.41, 5.74) is 1.41. The van der Waals surface area contributed by atoms with E-state index in [1.807, 2.05) is 0 Å². The van der Waals surface area contributed by atoms with Crippen molar-refractivity contribution in [2.45, 2.75) is 12.5 Å². The second kappa shape index (κ2) is 4.26. The predicted molar refractivity (Wildman–Crippen MR) is 78.3 cm³/mol. The van der Waals surface area contributed by atoms with Crippen LogP contribution in [-0.4, -0.2) is 30.5 Å². The quantitative estimate of drug-likeness (QED) is 0.843. The first kappa shape index (κ1) is 10.9. The highest BCUT2D eigenvalue weighted by molar-refractivity contribution is 5.85. The van der Waals surface area contributed by atoms with Crippen molar-refractivity contribution >= 4 is 16.7 Å². The lowest BCUT2D eigenvalue weighted by molar-refractivity contribution is 0.315. The lowest BCUT2D eigenvalue weighted by atomic mass is 9.98. The molecule has 1 N–H and O–H groups in total. The number of nitrogens with zero attached hydrogens (tertiary/aromatic N) is 2. The Morgan fingerprint density at radius 2 is 2.00 bits per heavy atom. The fourth-order valence-electron chi connectivity index (χ4n) is 3.16. The molecule has 3 nitrogen and oxygen atoms in total. The van der Waals surface area contributed by atoms with Crippen LogP contribution >= 0.6 is 0 Å². The largest absolute Gasteiger partial charge is 0.354 e. The van der Waals surface area contributed by atoms with Gasteiger partial charge in [-0.3, -0.25) is 4.99 Å². The first-order valence-electron chi connectivity index (χ1n) is 6.95. The molecule has 2 aromatic rings. The Morgan fingerprint density at radius 1 is 1.11 bits per heavy atom. The number of rotatable bonds is 1. The van der Waals surface area contributed by atoms with Gasteiger partial charge in [0.15, 0.2) is 5.96 Å². The number of hydrogen-bond acceptors (Lipinski definition) is 3. The normalized spacial score (nSPS) is 22.0. The zero-order valence-electron chi connectivity index (χ0n) is 10.8. The van der Waals surface area contributed by atoms with E-state index in [0.717, 1.165) is 32.0 Å². The average molecular weight is 251 g/mol. The lowest BCUT2D eigenvalue weighted by Gasteiger charge is -2.32. The molecule has 4 rings (SSSR count). The van der Waals surface area contributed by atoms with Gasteiger partial charge in [-0.1, -0.05) is 36.4 Å². The molecule has 0 bridgehead atoms. The Bertz CT molecular complexity index is 647. The number of fused-ring (bicyclic) bond motifs is 2. The maximum absolute atomic E-state index is 4.56. The zero-order valence-corrected chi connectivity index (χ0v) is 10.8. The monoisotopic (exact) mass is 251 g/mol. The van der Waals surface area contributed by atoms with Gasteiger partial charge in [0.1, 0.15) is 0 Å². The standard InChI is InChI=1S/C16H17N3/c1-2-4-13-11-14(6-5-12(13)3-1)15-7-8-17-16-18-9-10-19(15)16/h1-6,11,15H,7-10H2,(H,17,18). The molecule has 0 spiro atoms. The summed E-state index contributed by atoms with van der Waals surface area (Å²) in [6.07, 6.45) is 1.11. The lowest BCUT2D eigenvalue weighted by Crippen LogP contribution is -2.37. The van der Waals surface area contributed by atoms with Crippen LogP contribution in [0.15, 0.2) is 47.5 Å². The molecule has 2 aromatic carbocycles. The summed E-state index contributed by atoms with van der Waals surface area (Å²) in [7, 11) is 0. The van der Waals surface area contributed by atoms with Crippen LogP contribution in [0.3, 0.4) is 0 Å². The van der Waals surface area contributed by atoms with Crippen LogP contribution in [0.2, 0.25) is 0 Å². The van der Waals surface area contributed by atoms with E-state index in [1.54, 1.807) is 0 Å². The summed E-state index contributed by atoms with van der Waals surface area (Å²) >= 11 is 0. The van der Waals surface area contributed by atoms with Crippen molar-refractivity contribution in [3.8, 4) is 0 Å². The molecule has 0 radical (unpaired) electrons. The summed E-state index contributed by atoms with van der Waals surface area (Å²) in [4.78, 5) is 6.97. The van der Waals surface area contributed by atoms with Gasteiger partial charge in [0, 0.05) is 19.6 Å². The van der Waals surface area contributed by atoms with Crippen molar-refractivity contribution < 1.29 is 0 Å². The SMILES string of the molecule is c1ccc2cc(C3CCN=C4NCCN43)ccc2c1. The summed E-state index contributed by atoms with van der Waals surface area (Å²) in [5.74, 6) is 1.09. The second-order valence-corrected chi connectivity index (χ2v) is 5.24. The fourth-order valence-corrected chi connectivity index (χ4v) is 3.16. The zero-order chi connectivity index (χ0) is 12.7. The van der Waals surface area contributed by atoms with Crippen LogP contribution in [0.1, 0.15) is 18.0 Å². The number of hydrogen-bond donors (Lipinski definition) is 1. The third-order valence-corrected chi connectivity index (χ3v) is 4.11. The maximum atomic E-state index is 4.56. The molecule has 1 saturated heterocycles. The maximum Gasteiger partial charge on any atom is 0.194 e. The fraction of sp³-hybridized carbons (Fsp3) is 0.312. The van der Waals surface area contributed by atoms with E-state index in [1.165, 1.54) is 16.3 Å². The molecular formula is C16H17N3. The number of guanidine groups is 1. The van der Waals surface area contributed by atoms with E-state index in [4.69, 9.17) is 0 Å². The van der Waals surface area contributed by atoms with Crippen LogP contribution in [0, 0.1) is 0 Å².